The molecule has 0 aliphatic heterocycles. The Hall–Kier alpha value is -1.96. The summed E-state index contributed by atoms with van der Waals surface area (Å²) in [5.41, 5.74) is 0.482. The molecule has 0 aromatic heterocycles. The van der Waals surface area contributed by atoms with E-state index in [1.807, 2.05) is 0 Å². The van der Waals surface area contributed by atoms with Crippen LogP contribution in [0.15, 0.2) is 47.4 Å². The van der Waals surface area contributed by atoms with Crippen molar-refractivity contribution < 1.29 is 13.3 Å². The van der Waals surface area contributed by atoms with Crippen LogP contribution in [0.3, 0.4) is 0 Å². The van der Waals surface area contributed by atoms with Crippen molar-refractivity contribution in [2.75, 3.05) is 0 Å². The van der Waals surface area contributed by atoms with E-state index >= 15 is 0 Å². The third-order valence-electron chi connectivity index (χ3n) is 3.15. The Labute approximate surface area is 132 Å². The van der Waals surface area contributed by atoms with Crippen LogP contribution in [-0.4, -0.2) is 13.3 Å². The van der Waals surface area contributed by atoms with Crippen LogP contribution < -0.4 is 4.72 Å². The third-order valence-corrected chi connectivity index (χ3v) is 5.07. The molecule has 2 aromatic carbocycles. The summed E-state index contributed by atoms with van der Waals surface area (Å²) in [7, 11) is -3.88. The summed E-state index contributed by atoms with van der Waals surface area (Å²) in [6.07, 6.45) is 0. The SMILES string of the molecule is Cc1c([N+](=O)[O-])cccc1S(=O)(=O)NCc1ccccc1Cl. The van der Waals surface area contributed by atoms with Gasteiger partial charge in [-0.1, -0.05) is 35.9 Å². The highest BCUT2D eigenvalue weighted by Gasteiger charge is 2.22. The van der Waals surface area contributed by atoms with Gasteiger partial charge in [-0.3, -0.25) is 10.1 Å². The van der Waals surface area contributed by atoms with Gasteiger partial charge in [-0.2, -0.15) is 0 Å². The van der Waals surface area contributed by atoms with Gasteiger partial charge in [-0.05, 0) is 24.6 Å². The zero-order chi connectivity index (χ0) is 16.3. The standard InChI is InChI=1S/C14H13ClN2O4S/c1-10-13(17(18)19)7-4-8-14(10)22(20,21)16-9-11-5-2-3-6-12(11)15/h2-8,16H,9H2,1H3. The van der Waals surface area contributed by atoms with Crippen molar-refractivity contribution in [1.82, 2.24) is 4.72 Å². The first-order valence-corrected chi connectivity index (χ1v) is 8.16. The highest BCUT2D eigenvalue weighted by atomic mass is 35.5. The molecule has 0 bridgehead atoms. The van der Waals surface area contributed by atoms with Crippen LogP contribution in [0, 0.1) is 17.0 Å². The second kappa shape index (κ2) is 6.43. The van der Waals surface area contributed by atoms with E-state index in [2.05, 4.69) is 4.72 Å². The fourth-order valence-corrected chi connectivity index (χ4v) is 3.45. The molecule has 0 saturated heterocycles. The molecule has 0 radical (unpaired) electrons. The first-order valence-electron chi connectivity index (χ1n) is 6.30. The lowest BCUT2D eigenvalue weighted by atomic mass is 10.2. The number of hydrogen-bond acceptors (Lipinski definition) is 4. The quantitative estimate of drug-likeness (QED) is 0.669. The number of nitro benzene ring substituents is 1. The Bertz CT molecular complexity index is 821. The minimum Gasteiger partial charge on any atom is -0.258 e. The molecule has 0 amide bonds. The molecule has 6 nitrogen and oxygen atoms in total. The van der Waals surface area contributed by atoms with Gasteiger partial charge in [-0.15, -0.1) is 0 Å². The number of nitrogens with one attached hydrogen (secondary N) is 1. The smallest absolute Gasteiger partial charge is 0.258 e. The second-order valence-corrected chi connectivity index (χ2v) is 6.72. The molecular formula is C14H13ClN2O4S. The summed E-state index contributed by atoms with van der Waals surface area (Å²) in [6.45, 7) is 1.41. The van der Waals surface area contributed by atoms with Gasteiger partial charge in [0.05, 0.1) is 9.82 Å². The van der Waals surface area contributed by atoms with E-state index in [0.29, 0.717) is 10.6 Å². The number of rotatable bonds is 5. The fourth-order valence-electron chi connectivity index (χ4n) is 1.98. The van der Waals surface area contributed by atoms with E-state index in [4.69, 9.17) is 11.6 Å². The molecule has 0 spiro atoms. The lowest BCUT2D eigenvalue weighted by Crippen LogP contribution is -2.24. The zero-order valence-electron chi connectivity index (χ0n) is 11.6. The van der Waals surface area contributed by atoms with E-state index in [1.165, 1.54) is 25.1 Å². The van der Waals surface area contributed by atoms with Crippen LogP contribution in [0.25, 0.3) is 0 Å². The third kappa shape index (κ3) is 3.44. The topological polar surface area (TPSA) is 89.3 Å². The molecule has 0 aliphatic carbocycles. The molecule has 0 heterocycles. The first-order chi connectivity index (χ1) is 10.3. The van der Waals surface area contributed by atoms with E-state index < -0.39 is 14.9 Å². The summed E-state index contributed by atoms with van der Waals surface area (Å²) in [4.78, 5) is 10.2. The van der Waals surface area contributed by atoms with Crippen LogP contribution in [0.2, 0.25) is 5.02 Å². The van der Waals surface area contributed by atoms with Gasteiger partial charge in [0.25, 0.3) is 5.69 Å². The van der Waals surface area contributed by atoms with Gasteiger partial charge in [0.1, 0.15) is 0 Å². The molecule has 8 heteroatoms. The number of nitrogens with zero attached hydrogens (tertiary/aromatic N) is 1. The number of nitro groups is 1. The van der Waals surface area contributed by atoms with Crippen molar-refractivity contribution in [2.45, 2.75) is 18.4 Å². The number of benzene rings is 2. The minimum atomic E-state index is -3.88. The molecule has 116 valence electrons. The summed E-state index contributed by atoms with van der Waals surface area (Å²) < 4.78 is 27.1. The van der Waals surface area contributed by atoms with Crippen molar-refractivity contribution in [3.05, 3.63) is 68.7 Å². The zero-order valence-corrected chi connectivity index (χ0v) is 13.2. The van der Waals surface area contributed by atoms with Crippen LogP contribution in [0.4, 0.5) is 5.69 Å². The maximum Gasteiger partial charge on any atom is 0.273 e. The molecule has 2 rings (SSSR count). The van der Waals surface area contributed by atoms with Crippen molar-refractivity contribution in [3.8, 4) is 0 Å². The number of halogens is 1. The van der Waals surface area contributed by atoms with E-state index in [-0.39, 0.29) is 22.7 Å². The molecule has 0 unspecified atom stereocenters. The molecule has 2 aromatic rings. The van der Waals surface area contributed by atoms with Gasteiger partial charge in [0.15, 0.2) is 0 Å². The molecule has 1 N–H and O–H groups in total. The van der Waals surface area contributed by atoms with Crippen LogP contribution in [-0.2, 0) is 16.6 Å². The summed E-state index contributed by atoms with van der Waals surface area (Å²) in [5, 5.41) is 11.3. The lowest BCUT2D eigenvalue weighted by Gasteiger charge is -2.10. The predicted octanol–water partition coefficient (Wildman–Crippen LogP) is 3.04. The van der Waals surface area contributed by atoms with Gasteiger partial charge >= 0.3 is 0 Å². The molecular weight excluding hydrogens is 328 g/mol. The van der Waals surface area contributed by atoms with Crippen molar-refractivity contribution in [2.24, 2.45) is 0 Å². The normalized spacial score (nSPS) is 11.4. The largest absolute Gasteiger partial charge is 0.273 e. The monoisotopic (exact) mass is 340 g/mol. The molecule has 22 heavy (non-hydrogen) atoms. The fraction of sp³-hybridized carbons (Fsp3) is 0.143. The maximum absolute atomic E-state index is 12.3. The Morgan fingerprint density at radius 3 is 2.50 bits per heavy atom. The molecule has 0 aliphatic rings. The van der Waals surface area contributed by atoms with Gasteiger partial charge in [0.2, 0.25) is 10.0 Å². The maximum atomic E-state index is 12.3. The molecule has 0 saturated carbocycles. The minimum absolute atomic E-state index is 0.00411. The van der Waals surface area contributed by atoms with E-state index in [1.54, 1.807) is 24.3 Å². The van der Waals surface area contributed by atoms with Crippen LogP contribution in [0.1, 0.15) is 11.1 Å². The lowest BCUT2D eigenvalue weighted by molar-refractivity contribution is -0.385. The first kappa shape index (κ1) is 16.4. The highest BCUT2D eigenvalue weighted by Crippen LogP contribution is 2.25. The Balaban J connectivity index is 2.30. The predicted molar refractivity (Wildman–Crippen MR) is 83.3 cm³/mol. The number of hydrogen-bond donors (Lipinski definition) is 1. The van der Waals surface area contributed by atoms with Crippen molar-refractivity contribution in [1.29, 1.82) is 0 Å². The summed E-state index contributed by atoms with van der Waals surface area (Å²) >= 11 is 5.97. The number of sulfonamides is 1. The summed E-state index contributed by atoms with van der Waals surface area (Å²) in [6, 6.07) is 10.8. The van der Waals surface area contributed by atoms with Crippen molar-refractivity contribution >= 4 is 27.3 Å². The second-order valence-electron chi connectivity index (χ2n) is 4.57. The molecule has 0 fully saturated rings. The Kier molecular flexibility index (Phi) is 4.80. The van der Waals surface area contributed by atoms with E-state index in [0.717, 1.165) is 0 Å². The summed E-state index contributed by atoms with van der Waals surface area (Å²) in [5.74, 6) is 0. The van der Waals surface area contributed by atoms with Gasteiger partial charge < -0.3 is 0 Å². The van der Waals surface area contributed by atoms with Gasteiger partial charge in [-0.25, -0.2) is 13.1 Å². The van der Waals surface area contributed by atoms with E-state index in [9.17, 15) is 18.5 Å². The Morgan fingerprint density at radius 1 is 1.18 bits per heavy atom. The van der Waals surface area contributed by atoms with Crippen LogP contribution in [0.5, 0.6) is 0 Å². The highest BCUT2D eigenvalue weighted by molar-refractivity contribution is 7.89. The molecule has 0 atom stereocenters. The average Bonchev–Trinajstić information content (AvgIpc) is 2.46. The van der Waals surface area contributed by atoms with Gasteiger partial charge in [0, 0.05) is 23.2 Å². The van der Waals surface area contributed by atoms with Crippen LogP contribution >= 0.6 is 11.6 Å². The Morgan fingerprint density at radius 2 is 1.86 bits per heavy atom. The van der Waals surface area contributed by atoms with Crippen molar-refractivity contribution in [3.63, 3.8) is 0 Å². The average molecular weight is 341 g/mol.